The highest BCUT2D eigenvalue weighted by Gasteiger charge is 1.76. The zero-order valence-electron chi connectivity index (χ0n) is 3.87. The predicted octanol–water partition coefficient (Wildman–Crippen LogP) is 2.35. The highest BCUT2D eigenvalue weighted by Crippen LogP contribution is 2.02. The molecule has 0 atom stereocenters. The molecule has 0 fully saturated rings. The van der Waals surface area contributed by atoms with E-state index in [0.29, 0.717) is 0 Å². The van der Waals surface area contributed by atoms with Gasteiger partial charge < -0.3 is 0 Å². The molecule has 0 N–H and O–H groups in total. The number of hydrogen-bond donors (Lipinski definition) is 0. The van der Waals surface area contributed by atoms with E-state index in [2.05, 4.69) is 6.92 Å². The largest absolute Gasteiger partial charge is 0.0895 e. The van der Waals surface area contributed by atoms with Crippen LogP contribution in [0.25, 0.3) is 0 Å². The van der Waals surface area contributed by atoms with Crippen LogP contribution in [0.15, 0.2) is 11.1 Å². The van der Waals surface area contributed by atoms with Crippen LogP contribution < -0.4 is 0 Å². The molecule has 0 aromatic carbocycles. The molecule has 6 heavy (non-hydrogen) atoms. The van der Waals surface area contributed by atoms with E-state index in [-0.39, 0.29) is 0 Å². The van der Waals surface area contributed by atoms with Crippen molar-refractivity contribution >= 4 is 11.6 Å². The first-order chi connectivity index (χ1) is 2.81. The van der Waals surface area contributed by atoms with Crippen LogP contribution >= 0.6 is 11.6 Å². The fourth-order valence-corrected chi connectivity index (χ4v) is 0.144. The average molecular weight is 104 g/mol. The quantitative estimate of drug-likeness (QED) is 0.478. The van der Waals surface area contributed by atoms with Crippen LogP contribution in [0.3, 0.4) is 0 Å². The lowest BCUT2D eigenvalue weighted by atomic mass is 10.4. The molecule has 1 radical (unpaired) electrons. The van der Waals surface area contributed by atoms with Crippen molar-refractivity contribution < 1.29 is 0 Å². The smallest absolute Gasteiger partial charge is 0.0138 e. The minimum Gasteiger partial charge on any atom is -0.0895 e. The third kappa shape index (κ3) is 2.28. The fraction of sp³-hybridized carbons (Fsp3) is 0.400. The minimum absolute atomic E-state index is 0.829. The molecule has 0 rings (SSSR count). The van der Waals surface area contributed by atoms with Gasteiger partial charge in [0.05, 0.1) is 0 Å². The van der Waals surface area contributed by atoms with Crippen molar-refractivity contribution in [1.29, 1.82) is 0 Å². The van der Waals surface area contributed by atoms with Crippen molar-refractivity contribution in [2.75, 3.05) is 0 Å². The van der Waals surface area contributed by atoms with Gasteiger partial charge >= 0.3 is 0 Å². The first-order valence-electron chi connectivity index (χ1n) is 1.95. The van der Waals surface area contributed by atoms with E-state index >= 15 is 0 Å². The van der Waals surface area contributed by atoms with Crippen molar-refractivity contribution in [3.05, 3.63) is 18.0 Å². The molecule has 0 aliphatic rings. The number of hydrogen-bond acceptors (Lipinski definition) is 0. The first kappa shape index (κ1) is 6.03. The summed E-state index contributed by atoms with van der Waals surface area (Å²) in [5.74, 6) is 0. The van der Waals surface area contributed by atoms with Crippen molar-refractivity contribution in [2.45, 2.75) is 13.3 Å². The Morgan fingerprint density at radius 1 is 2.00 bits per heavy atom. The van der Waals surface area contributed by atoms with Crippen molar-refractivity contribution in [3.8, 4) is 0 Å². The van der Waals surface area contributed by atoms with Gasteiger partial charge in [0.1, 0.15) is 0 Å². The molecular weight excluding hydrogens is 95.5 g/mol. The topological polar surface area (TPSA) is 0 Å². The molecule has 0 aliphatic carbocycles. The van der Waals surface area contributed by atoms with E-state index in [1.165, 1.54) is 0 Å². The lowest BCUT2D eigenvalue weighted by Gasteiger charge is -1.81. The van der Waals surface area contributed by atoms with Gasteiger partial charge in [-0.25, -0.2) is 0 Å². The Morgan fingerprint density at radius 2 is 2.50 bits per heavy atom. The van der Waals surface area contributed by atoms with Crippen LogP contribution in [-0.2, 0) is 0 Å². The monoisotopic (exact) mass is 103 g/mol. The lowest BCUT2D eigenvalue weighted by Crippen LogP contribution is -1.59. The molecule has 0 saturated heterocycles. The van der Waals surface area contributed by atoms with Gasteiger partial charge in [-0.1, -0.05) is 24.6 Å². The van der Waals surface area contributed by atoms with Crippen LogP contribution in [0.1, 0.15) is 13.3 Å². The molecule has 0 aliphatic heterocycles. The molecular formula is C5H8Cl. The standard InChI is InChI=1S/C5H8Cl/c1-3-5(6)4-2/h3H,1,4H2,2H3/b5-3+. The highest BCUT2D eigenvalue weighted by atomic mass is 35.5. The molecule has 0 bridgehead atoms. The maximum atomic E-state index is 5.45. The Hall–Kier alpha value is 0.0300. The fourth-order valence-electron chi connectivity index (χ4n) is 0.144. The summed E-state index contributed by atoms with van der Waals surface area (Å²) >= 11 is 5.45. The molecule has 0 saturated carbocycles. The first-order valence-corrected chi connectivity index (χ1v) is 2.32. The van der Waals surface area contributed by atoms with E-state index in [9.17, 15) is 0 Å². The molecule has 0 aromatic heterocycles. The van der Waals surface area contributed by atoms with Gasteiger partial charge in [0, 0.05) is 5.03 Å². The van der Waals surface area contributed by atoms with Crippen LogP contribution in [0.5, 0.6) is 0 Å². The van der Waals surface area contributed by atoms with E-state index in [1.807, 2.05) is 6.92 Å². The summed E-state index contributed by atoms with van der Waals surface area (Å²) in [7, 11) is 0. The van der Waals surface area contributed by atoms with E-state index in [4.69, 9.17) is 11.6 Å². The normalized spacial score (nSPS) is 12.2. The molecule has 0 unspecified atom stereocenters. The van der Waals surface area contributed by atoms with Gasteiger partial charge in [0.25, 0.3) is 0 Å². The second kappa shape index (κ2) is 3.23. The Bertz CT molecular complexity index is 55.0. The van der Waals surface area contributed by atoms with Gasteiger partial charge in [0.2, 0.25) is 0 Å². The van der Waals surface area contributed by atoms with Crippen molar-refractivity contribution in [1.82, 2.24) is 0 Å². The van der Waals surface area contributed by atoms with Gasteiger partial charge in [-0.2, -0.15) is 0 Å². The zero-order chi connectivity index (χ0) is 4.99. The summed E-state index contributed by atoms with van der Waals surface area (Å²) in [6.07, 6.45) is 2.55. The zero-order valence-corrected chi connectivity index (χ0v) is 4.63. The molecule has 35 valence electrons. The Labute approximate surface area is 43.8 Å². The van der Waals surface area contributed by atoms with Crippen LogP contribution in [0, 0.1) is 6.92 Å². The maximum Gasteiger partial charge on any atom is 0.0138 e. The lowest BCUT2D eigenvalue weighted by molar-refractivity contribution is 1.19. The van der Waals surface area contributed by atoms with Gasteiger partial charge in [-0.15, -0.1) is 0 Å². The molecule has 0 aromatic rings. The predicted molar refractivity (Wildman–Crippen MR) is 29.6 cm³/mol. The van der Waals surface area contributed by atoms with E-state index in [0.717, 1.165) is 11.5 Å². The number of allylic oxidation sites excluding steroid dienone is 2. The minimum atomic E-state index is 0.829. The second-order valence-electron chi connectivity index (χ2n) is 1.00. The van der Waals surface area contributed by atoms with E-state index in [1.54, 1.807) is 6.08 Å². The van der Waals surface area contributed by atoms with Gasteiger partial charge in [-0.05, 0) is 13.3 Å². The summed E-state index contributed by atoms with van der Waals surface area (Å²) in [6.45, 7) is 5.45. The van der Waals surface area contributed by atoms with Crippen LogP contribution in [0.4, 0.5) is 0 Å². The summed E-state index contributed by atoms with van der Waals surface area (Å²) in [5, 5.41) is 0.829. The number of rotatable bonds is 1. The number of halogens is 1. The maximum absolute atomic E-state index is 5.45. The highest BCUT2D eigenvalue weighted by molar-refractivity contribution is 6.29. The molecule has 0 spiro atoms. The van der Waals surface area contributed by atoms with Gasteiger partial charge in [0.15, 0.2) is 0 Å². The Balaban J connectivity index is 3.22. The molecule has 0 nitrogen and oxygen atoms in total. The van der Waals surface area contributed by atoms with Crippen molar-refractivity contribution in [2.24, 2.45) is 0 Å². The van der Waals surface area contributed by atoms with E-state index < -0.39 is 0 Å². The van der Waals surface area contributed by atoms with Gasteiger partial charge in [-0.3, -0.25) is 0 Å². The summed E-state index contributed by atoms with van der Waals surface area (Å²) in [6, 6.07) is 0. The molecule has 0 heterocycles. The Morgan fingerprint density at radius 3 is 2.50 bits per heavy atom. The van der Waals surface area contributed by atoms with Crippen molar-refractivity contribution in [3.63, 3.8) is 0 Å². The van der Waals surface area contributed by atoms with Crippen LogP contribution in [-0.4, -0.2) is 0 Å². The molecule has 1 heteroatoms. The summed E-state index contributed by atoms with van der Waals surface area (Å²) < 4.78 is 0. The summed E-state index contributed by atoms with van der Waals surface area (Å²) in [5.41, 5.74) is 0. The summed E-state index contributed by atoms with van der Waals surface area (Å²) in [4.78, 5) is 0. The average Bonchev–Trinajstić information content (AvgIpc) is 1.65. The SMILES string of the molecule is [CH2]/C=C(/Cl)CC. The Kier molecular flexibility index (Phi) is 3.24. The van der Waals surface area contributed by atoms with Crippen LogP contribution in [0.2, 0.25) is 0 Å². The molecule has 0 amide bonds. The third-order valence-corrected chi connectivity index (χ3v) is 0.981. The third-order valence-electron chi connectivity index (χ3n) is 0.559. The second-order valence-corrected chi connectivity index (χ2v) is 1.49.